The second kappa shape index (κ2) is 6.00. The van der Waals surface area contributed by atoms with Crippen LogP contribution in [0.2, 0.25) is 10.0 Å². The number of nitrogens with zero attached hydrogens (tertiary/aromatic N) is 2. The number of aromatic nitrogens is 2. The van der Waals surface area contributed by atoms with E-state index in [9.17, 15) is 13.2 Å². The SMILES string of the molecule is FC(F)(F)CCCn1c(CCl)nc2cc(Cl)c(Cl)cc21. The summed E-state index contributed by atoms with van der Waals surface area (Å²) >= 11 is 17.6. The largest absolute Gasteiger partial charge is 0.389 e. The molecule has 2 rings (SSSR count). The van der Waals surface area contributed by atoms with Crippen molar-refractivity contribution in [2.45, 2.75) is 31.4 Å². The van der Waals surface area contributed by atoms with Gasteiger partial charge in [-0.2, -0.15) is 13.2 Å². The lowest BCUT2D eigenvalue weighted by Gasteiger charge is -2.09. The smallest absolute Gasteiger partial charge is 0.327 e. The van der Waals surface area contributed by atoms with Gasteiger partial charge in [0.15, 0.2) is 0 Å². The van der Waals surface area contributed by atoms with Gasteiger partial charge in [0.1, 0.15) is 5.82 Å². The number of halogens is 6. The van der Waals surface area contributed by atoms with Crippen LogP contribution in [0.5, 0.6) is 0 Å². The van der Waals surface area contributed by atoms with E-state index in [-0.39, 0.29) is 18.8 Å². The summed E-state index contributed by atoms with van der Waals surface area (Å²) in [6.07, 6.45) is -5.06. The Kier molecular flexibility index (Phi) is 4.72. The van der Waals surface area contributed by atoms with E-state index in [2.05, 4.69) is 4.98 Å². The monoisotopic (exact) mass is 344 g/mol. The van der Waals surface area contributed by atoms with Crippen molar-refractivity contribution in [3.05, 3.63) is 28.0 Å². The van der Waals surface area contributed by atoms with Gasteiger partial charge in [-0.1, -0.05) is 23.2 Å². The number of imidazole rings is 1. The predicted octanol–water partition coefficient (Wildman–Crippen LogP) is 5.42. The van der Waals surface area contributed by atoms with Crippen molar-refractivity contribution in [3.8, 4) is 0 Å². The lowest BCUT2D eigenvalue weighted by Crippen LogP contribution is -2.10. The quantitative estimate of drug-likeness (QED) is 0.676. The Hall–Kier alpha value is -0.650. The molecule has 0 aliphatic heterocycles. The van der Waals surface area contributed by atoms with E-state index < -0.39 is 12.6 Å². The molecule has 110 valence electrons. The molecule has 1 aromatic carbocycles. The minimum atomic E-state index is -4.17. The summed E-state index contributed by atoms with van der Waals surface area (Å²) in [7, 11) is 0. The molecule has 20 heavy (non-hydrogen) atoms. The van der Waals surface area contributed by atoms with E-state index >= 15 is 0 Å². The highest BCUT2D eigenvalue weighted by Gasteiger charge is 2.26. The van der Waals surface area contributed by atoms with Crippen LogP contribution in [0, 0.1) is 0 Å². The van der Waals surface area contributed by atoms with Crippen molar-refractivity contribution >= 4 is 45.8 Å². The molecule has 2 nitrogen and oxygen atoms in total. The molecule has 0 unspecified atom stereocenters. The van der Waals surface area contributed by atoms with Crippen LogP contribution in [0.4, 0.5) is 13.2 Å². The molecule has 1 heterocycles. The molecule has 0 radical (unpaired) electrons. The van der Waals surface area contributed by atoms with Crippen molar-refractivity contribution in [1.82, 2.24) is 9.55 Å². The van der Waals surface area contributed by atoms with E-state index in [1.165, 1.54) is 0 Å². The highest BCUT2D eigenvalue weighted by molar-refractivity contribution is 6.42. The molecule has 0 aliphatic rings. The minimum Gasteiger partial charge on any atom is -0.327 e. The summed E-state index contributed by atoms with van der Waals surface area (Å²) in [6.45, 7) is 0.177. The maximum Gasteiger partial charge on any atom is 0.389 e. The van der Waals surface area contributed by atoms with E-state index in [4.69, 9.17) is 34.8 Å². The molecule has 2 aromatic rings. The van der Waals surface area contributed by atoms with Crippen LogP contribution >= 0.6 is 34.8 Å². The Labute approximate surface area is 128 Å². The topological polar surface area (TPSA) is 17.8 Å². The minimum absolute atomic E-state index is 0.0426. The van der Waals surface area contributed by atoms with Crippen LogP contribution in [0.15, 0.2) is 12.1 Å². The summed E-state index contributed by atoms with van der Waals surface area (Å²) in [5.74, 6) is 0.609. The molecule has 0 bridgehead atoms. The second-order valence-electron chi connectivity index (χ2n) is 4.29. The van der Waals surface area contributed by atoms with Crippen LogP contribution < -0.4 is 0 Å². The van der Waals surface area contributed by atoms with Gasteiger partial charge in [-0.15, -0.1) is 11.6 Å². The lowest BCUT2D eigenvalue weighted by molar-refractivity contribution is -0.135. The maximum absolute atomic E-state index is 12.2. The van der Waals surface area contributed by atoms with E-state index in [0.29, 0.717) is 26.9 Å². The van der Waals surface area contributed by atoms with E-state index in [0.717, 1.165) is 0 Å². The van der Waals surface area contributed by atoms with Gasteiger partial charge in [0.2, 0.25) is 0 Å². The molecule has 0 N–H and O–H groups in total. The number of hydrogen-bond acceptors (Lipinski definition) is 1. The maximum atomic E-state index is 12.2. The van der Waals surface area contributed by atoms with Crippen LogP contribution in [-0.2, 0) is 12.4 Å². The second-order valence-corrected chi connectivity index (χ2v) is 5.37. The van der Waals surface area contributed by atoms with Crippen molar-refractivity contribution in [2.75, 3.05) is 0 Å². The van der Waals surface area contributed by atoms with E-state index in [1.807, 2.05) is 0 Å². The Morgan fingerprint density at radius 3 is 2.40 bits per heavy atom. The highest BCUT2D eigenvalue weighted by Crippen LogP contribution is 2.29. The zero-order valence-corrected chi connectivity index (χ0v) is 12.4. The molecule has 0 atom stereocenters. The van der Waals surface area contributed by atoms with Crippen molar-refractivity contribution in [1.29, 1.82) is 0 Å². The molecule has 0 fully saturated rings. The lowest BCUT2D eigenvalue weighted by atomic mass is 10.2. The molecule has 0 saturated carbocycles. The van der Waals surface area contributed by atoms with Crippen LogP contribution in [0.1, 0.15) is 18.7 Å². The average molecular weight is 346 g/mol. The third-order valence-corrected chi connectivity index (χ3v) is 3.79. The Bertz CT molecular complexity index is 622. The van der Waals surface area contributed by atoms with Gasteiger partial charge in [-0.25, -0.2) is 4.98 Å². The Morgan fingerprint density at radius 2 is 1.80 bits per heavy atom. The van der Waals surface area contributed by atoms with Crippen LogP contribution in [0.3, 0.4) is 0 Å². The molecule has 0 spiro atoms. The molecule has 0 amide bonds. The van der Waals surface area contributed by atoms with Crippen LogP contribution in [-0.4, -0.2) is 15.7 Å². The first-order valence-corrected chi connectivity index (χ1v) is 7.08. The van der Waals surface area contributed by atoms with Gasteiger partial charge < -0.3 is 4.57 Å². The van der Waals surface area contributed by atoms with E-state index in [1.54, 1.807) is 16.7 Å². The molecule has 0 saturated heterocycles. The fraction of sp³-hybridized carbons (Fsp3) is 0.417. The van der Waals surface area contributed by atoms with Gasteiger partial charge in [-0.05, 0) is 18.6 Å². The molecule has 0 aliphatic carbocycles. The normalized spacial score (nSPS) is 12.3. The van der Waals surface area contributed by atoms with Gasteiger partial charge >= 0.3 is 6.18 Å². The van der Waals surface area contributed by atoms with Gasteiger partial charge in [0.05, 0.1) is 27.0 Å². The summed E-state index contributed by atoms with van der Waals surface area (Å²) < 4.78 is 38.3. The van der Waals surface area contributed by atoms with Crippen molar-refractivity contribution < 1.29 is 13.2 Å². The third kappa shape index (κ3) is 3.51. The number of alkyl halides is 4. The first kappa shape index (κ1) is 15.7. The van der Waals surface area contributed by atoms with Crippen molar-refractivity contribution in [2.24, 2.45) is 0 Å². The summed E-state index contributed by atoms with van der Waals surface area (Å²) in [5.41, 5.74) is 1.21. The summed E-state index contributed by atoms with van der Waals surface area (Å²) in [6, 6.07) is 3.17. The zero-order chi connectivity index (χ0) is 14.9. The molecular formula is C12H10Cl3F3N2. The Morgan fingerprint density at radius 1 is 1.15 bits per heavy atom. The fourth-order valence-electron chi connectivity index (χ4n) is 1.96. The average Bonchev–Trinajstić information content (AvgIpc) is 2.66. The standard InChI is InChI=1S/C12H10Cl3F3N2/c13-6-11-19-9-4-7(14)8(15)5-10(9)20(11)3-1-2-12(16,17)18/h4-5H,1-3,6H2. The molecular weight excluding hydrogens is 335 g/mol. The first-order valence-electron chi connectivity index (χ1n) is 5.78. The first-order chi connectivity index (χ1) is 9.31. The predicted molar refractivity (Wildman–Crippen MR) is 74.6 cm³/mol. The number of benzene rings is 1. The molecule has 1 aromatic heterocycles. The number of fused-ring (bicyclic) bond motifs is 1. The number of rotatable bonds is 4. The fourth-order valence-corrected chi connectivity index (χ4v) is 2.48. The Balaban J connectivity index is 2.33. The summed E-state index contributed by atoms with van der Waals surface area (Å²) in [4.78, 5) is 4.25. The van der Waals surface area contributed by atoms with Gasteiger partial charge in [0, 0.05) is 13.0 Å². The molecule has 8 heteroatoms. The van der Waals surface area contributed by atoms with Gasteiger partial charge in [-0.3, -0.25) is 0 Å². The van der Waals surface area contributed by atoms with Crippen molar-refractivity contribution in [3.63, 3.8) is 0 Å². The number of aryl methyl sites for hydroxylation is 1. The summed E-state index contributed by atoms with van der Waals surface area (Å²) in [5, 5.41) is 0.678. The van der Waals surface area contributed by atoms with Crippen LogP contribution in [0.25, 0.3) is 11.0 Å². The third-order valence-electron chi connectivity index (χ3n) is 2.83. The highest BCUT2D eigenvalue weighted by atomic mass is 35.5. The van der Waals surface area contributed by atoms with Gasteiger partial charge in [0.25, 0.3) is 0 Å². The number of hydrogen-bond donors (Lipinski definition) is 0. The zero-order valence-electron chi connectivity index (χ0n) is 10.1.